The van der Waals surface area contributed by atoms with Gasteiger partial charge in [0.2, 0.25) is 5.91 Å². The highest BCUT2D eigenvalue weighted by Crippen LogP contribution is 2.17. The number of carbonyl (C=O) groups is 1. The second-order valence-electron chi connectivity index (χ2n) is 5.01. The van der Waals surface area contributed by atoms with Crippen LogP contribution in [0.4, 0.5) is 0 Å². The molecule has 1 atom stereocenters. The Balaban J connectivity index is 3.97. The summed E-state index contributed by atoms with van der Waals surface area (Å²) in [7, 11) is 0. The van der Waals surface area contributed by atoms with Gasteiger partial charge in [0, 0.05) is 6.54 Å². The molecule has 0 saturated carbocycles. The smallest absolute Gasteiger partial charge is 0.237 e. The van der Waals surface area contributed by atoms with Crippen molar-refractivity contribution in [3.05, 3.63) is 0 Å². The first-order valence-corrected chi connectivity index (χ1v) is 5.33. The predicted octanol–water partition coefficient (Wildman–Crippen LogP) is 1.52. The molecule has 3 heteroatoms. The van der Waals surface area contributed by atoms with Crippen LogP contribution in [0, 0.1) is 11.3 Å². The van der Waals surface area contributed by atoms with Crippen LogP contribution in [0.5, 0.6) is 0 Å². The molecule has 0 aromatic heterocycles. The van der Waals surface area contributed by atoms with Crippen LogP contribution in [0.15, 0.2) is 0 Å². The summed E-state index contributed by atoms with van der Waals surface area (Å²) >= 11 is 0. The molecular weight excluding hydrogens is 176 g/mol. The number of carbonyl (C=O) groups excluding carboxylic acids is 1. The molecule has 0 aliphatic rings. The highest BCUT2D eigenvalue weighted by atomic mass is 16.2. The van der Waals surface area contributed by atoms with Gasteiger partial charge in [-0.25, -0.2) is 0 Å². The first kappa shape index (κ1) is 13.4. The SMILES string of the molecule is CCC(C)(C)CNC(=O)[C@H](N)C(C)C. The number of nitrogens with two attached hydrogens (primary N) is 1. The molecule has 0 aliphatic heterocycles. The third kappa shape index (κ3) is 4.61. The molecule has 3 nitrogen and oxygen atoms in total. The Morgan fingerprint density at radius 3 is 2.29 bits per heavy atom. The van der Waals surface area contributed by atoms with Crippen LogP contribution in [-0.4, -0.2) is 18.5 Å². The highest BCUT2D eigenvalue weighted by Gasteiger charge is 2.20. The maximum atomic E-state index is 11.5. The van der Waals surface area contributed by atoms with E-state index in [1.807, 2.05) is 13.8 Å². The lowest BCUT2D eigenvalue weighted by Gasteiger charge is -2.24. The lowest BCUT2D eigenvalue weighted by atomic mass is 9.90. The van der Waals surface area contributed by atoms with E-state index in [4.69, 9.17) is 5.73 Å². The first-order chi connectivity index (χ1) is 6.30. The van der Waals surface area contributed by atoms with Crippen molar-refractivity contribution < 1.29 is 4.79 Å². The van der Waals surface area contributed by atoms with Crippen molar-refractivity contribution in [2.75, 3.05) is 6.54 Å². The second-order valence-corrected chi connectivity index (χ2v) is 5.01. The van der Waals surface area contributed by atoms with Crippen LogP contribution in [0.25, 0.3) is 0 Å². The maximum Gasteiger partial charge on any atom is 0.237 e. The van der Waals surface area contributed by atoms with Crippen molar-refractivity contribution in [1.29, 1.82) is 0 Å². The number of nitrogens with one attached hydrogen (secondary N) is 1. The summed E-state index contributed by atoms with van der Waals surface area (Å²) in [5.41, 5.74) is 5.88. The minimum absolute atomic E-state index is 0.0403. The minimum atomic E-state index is -0.386. The van der Waals surface area contributed by atoms with Crippen molar-refractivity contribution >= 4 is 5.91 Å². The highest BCUT2D eigenvalue weighted by molar-refractivity contribution is 5.81. The van der Waals surface area contributed by atoms with E-state index in [-0.39, 0.29) is 23.3 Å². The predicted molar refractivity (Wildman–Crippen MR) is 59.9 cm³/mol. The van der Waals surface area contributed by atoms with Crippen molar-refractivity contribution in [3.8, 4) is 0 Å². The fourth-order valence-electron chi connectivity index (χ4n) is 0.872. The van der Waals surface area contributed by atoms with Crippen molar-refractivity contribution in [2.24, 2.45) is 17.1 Å². The third-order valence-electron chi connectivity index (χ3n) is 2.72. The zero-order valence-electron chi connectivity index (χ0n) is 10.1. The zero-order chi connectivity index (χ0) is 11.4. The van der Waals surface area contributed by atoms with E-state index < -0.39 is 0 Å². The third-order valence-corrected chi connectivity index (χ3v) is 2.72. The van der Waals surface area contributed by atoms with E-state index in [9.17, 15) is 4.79 Å². The molecule has 0 spiro atoms. The van der Waals surface area contributed by atoms with Gasteiger partial charge in [-0.15, -0.1) is 0 Å². The summed E-state index contributed by atoms with van der Waals surface area (Å²) in [4.78, 5) is 11.5. The monoisotopic (exact) mass is 200 g/mol. The molecule has 0 aliphatic carbocycles. The van der Waals surface area contributed by atoms with Gasteiger partial charge in [0.1, 0.15) is 0 Å². The molecule has 1 amide bonds. The van der Waals surface area contributed by atoms with Crippen molar-refractivity contribution in [3.63, 3.8) is 0 Å². The van der Waals surface area contributed by atoms with Gasteiger partial charge >= 0.3 is 0 Å². The normalized spacial score (nSPS) is 14.2. The Morgan fingerprint density at radius 1 is 1.43 bits per heavy atom. The Morgan fingerprint density at radius 2 is 1.93 bits per heavy atom. The molecule has 0 unspecified atom stereocenters. The summed E-state index contributed by atoms with van der Waals surface area (Å²) in [6.07, 6.45) is 1.05. The van der Waals surface area contributed by atoms with Gasteiger partial charge in [-0.2, -0.15) is 0 Å². The van der Waals surface area contributed by atoms with Gasteiger partial charge in [-0.3, -0.25) is 4.79 Å². The maximum absolute atomic E-state index is 11.5. The Kier molecular flexibility index (Phi) is 5.13. The molecule has 0 rings (SSSR count). The summed E-state index contributed by atoms with van der Waals surface area (Å²) in [5, 5.41) is 2.89. The fourth-order valence-corrected chi connectivity index (χ4v) is 0.872. The number of rotatable bonds is 5. The first-order valence-electron chi connectivity index (χ1n) is 5.33. The Hall–Kier alpha value is -0.570. The van der Waals surface area contributed by atoms with Gasteiger partial charge in [0.25, 0.3) is 0 Å². The average Bonchev–Trinajstić information content (AvgIpc) is 2.13. The molecule has 0 aromatic carbocycles. The number of hydrogen-bond acceptors (Lipinski definition) is 2. The van der Waals surface area contributed by atoms with E-state index in [1.165, 1.54) is 0 Å². The van der Waals surface area contributed by atoms with Gasteiger partial charge in [0.15, 0.2) is 0 Å². The average molecular weight is 200 g/mol. The van der Waals surface area contributed by atoms with Gasteiger partial charge in [0.05, 0.1) is 6.04 Å². The van der Waals surface area contributed by atoms with Gasteiger partial charge in [-0.1, -0.05) is 34.6 Å². The molecule has 0 radical (unpaired) electrons. The van der Waals surface area contributed by atoms with Crippen LogP contribution < -0.4 is 11.1 Å². The number of hydrogen-bond donors (Lipinski definition) is 2. The molecular formula is C11H24N2O. The van der Waals surface area contributed by atoms with Crippen LogP contribution in [0.2, 0.25) is 0 Å². The van der Waals surface area contributed by atoms with E-state index >= 15 is 0 Å². The summed E-state index contributed by atoms with van der Waals surface area (Å²) in [5.74, 6) is 0.154. The summed E-state index contributed by atoms with van der Waals surface area (Å²) in [6, 6.07) is -0.386. The molecule has 0 saturated heterocycles. The van der Waals surface area contributed by atoms with Crippen LogP contribution in [0.1, 0.15) is 41.0 Å². The van der Waals surface area contributed by atoms with Crippen LogP contribution in [0.3, 0.4) is 0 Å². The number of amides is 1. The Bertz CT molecular complexity index is 188. The lowest BCUT2D eigenvalue weighted by Crippen LogP contribution is -2.46. The van der Waals surface area contributed by atoms with Crippen molar-refractivity contribution in [1.82, 2.24) is 5.32 Å². The summed E-state index contributed by atoms with van der Waals surface area (Å²) in [6.45, 7) is 11.0. The molecule has 14 heavy (non-hydrogen) atoms. The Labute approximate surface area is 87.4 Å². The fraction of sp³-hybridized carbons (Fsp3) is 0.909. The second kappa shape index (κ2) is 5.35. The lowest BCUT2D eigenvalue weighted by molar-refractivity contribution is -0.123. The minimum Gasteiger partial charge on any atom is -0.354 e. The largest absolute Gasteiger partial charge is 0.354 e. The zero-order valence-corrected chi connectivity index (χ0v) is 10.1. The molecule has 84 valence electrons. The van der Waals surface area contributed by atoms with E-state index in [1.54, 1.807) is 0 Å². The quantitative estimate of drug-likeness (QED) is 0.707. The molecule has 3 N–H and O–H groups in total. The molecule has 0 bridgehead atoms. The van der Waals surface area contributed by atoms with Crippen LogP contribution in [-0.2, 0) is 4.79 Å². The van der Waals surface area contributed by atoms with Gasteiger partial charge < -0.3 is 11.1 Å². The topological polar surface area (TPSA) is 55.1 Å². The molecule has 0 aromatic rings. The molecule has 0 fully saturated rings. The van der Waals surface area contributed by atoms with Gasteiger partial charge in [-0.05, 0) is 17.8 Å². The van der Waals surface area contributed by atoms with E-state index in [0.29, 0.717) is 6.54 Å². The van der Waals surface area contributed by atoms with Crippen LogP contribution >= 0.6 is 0 Å². The molecule has 0 heterocycles. The van der Waals surface area contributed by atoms with E-state index in [0.717, 1.165) is 6.42 Å². The van der Waals surface area contributed by atoms with E-state index in [2.05, 4.69) is 26.1 Å². The standard InChI is InChI=1S/C11H24N2O/c1-6-11(4,5)7-13-10(14)9(12)8(2)3/h8-9H,6-7,12H2,1-5H3,(H,13,14)/t9-/m1/s1. The summed E-state index contributed by atoms with van der Waals surface area (Å²) < 4.78 is 0. The van der Waals surface area contributed by atoms with Crippen molar-refractivity contribution in [2.45, 2.75) is 47.1 Å².